The van der Waals surface area contributed by atoms with Gasteiger partial charge in [-0.2, -0.15) is 0 Å². The molecule has 0 radical (unpaired) electrons. The predicted molar refractivity (Wildman–Crippen MR) is 26.0 cm³/mol. The van der Waals surface area contributed by atoms with Gasteiger partial charge in [-0.25, -0.2) is 0 Å². The van der Waals surface area contributed by atoms with Crippen LogP contribution in [0.3, 0.4) is 0 Å². The van der Waals surface area contributed by atoms with Gasteiger partial charge < -0.3 is 12.9 Å². The Morgan fingerprint density at radius 1 is 1.29 bits per heavy atom. The summed E-state index contributed by atoms with van der Waals surface area (Å²) < 4.78 is 32.5. The van der Waals surface area contributed by atoms with Crippen LogP contribution in [-0.2, 0) is 0 Å². The van der Waals surface area contributed by atoms with E-state index >= 15 is 0 Å². The molecule has 0 bridgehead atoms. The first-order chi connectivity index (χ1) is 2.56. The van der Waals surface area contributed by atoms with Gasteiger partial charge in [0, 0.05) is 7.43 Å². The maximum atomic E-state index is 10.8. The van der Waals surface area contributed by atoms with Crippen molar-refractivity contribution in [3.05, 3.63) is 7.43 Å². The van der Waals surface area contributed by atoms with E-state index in [0.29, 0.717) is 0 Å². The molecule has 0 heterocycles. The van der Waals surface area contributed by atoms with Gasteiger partial charge >= 0.3 is 6.98 Å². The fourth-order valence-corrected chi connectivity index (χ4v) is 0. The summed E-state index contributed by atoms with van der Waals surface area (Å²) in [5, 5.41) is 0. The minimum atomic E-state index is -4.49. The summed E-state index contributed by atoms with van der Waals surface area (Å²) in [4.78, 5) is 0. The van der Waals surface area contributed by atoms with Gasteiger partial charge in [-0.15, -0.1) is 0 Å². The molecule has 0 saturated carbocycles. The molecule has 0 saturated heterocycles. The van der Waals surface area contributed by atoms with Crippen molar-refractivity contribution >= 4 is 6.98 Å². The van der Waals surface area contributed by atoms with E-state index in [1.54, 1.807) is 0 Å². The zero-order chi connectivity index (χ0) is 5.21. The smallest absolute Gasteiger partial charge is 0.449 e. The fraction of sp³-hybridized carbons (Fsp3) is 0.667. The normalized spacial score (nSPS) is 10.3. The van der Waals surface area contributed by atoms with Gasteiger partial charge in [0.2, 0.25) is 0 Å². The Balaban J connectivity index is 0. The Morgan fingerprint density at radius 2 is 1.43 bits per heavy atom. The number of halogens is 3. The van der Waals surface area contributed by atoms with Crippen molar-refractivity contribution in [3.8, 4) is 0 Å². The Labute approximate surface area is 41.8 Å². The van der Waals surface area contributed by atoms with E-state index in [9.17, 15) is 12.9 Å². The second-order valence-corrected chi connectivity index (χ2v) is 1.12. The molecule has 0 aliphatic rings. The molecular weight excluding hydrogens is 104 g/mol. The van der Waals surface area contributed by atoms with Crippen LogP contribution in [0.4, 0.5) is 12.9 Å². The monoisotopic (exact) mass is 112 g/mol. The van der Waals surface area contributed by atoms with E-state index in [1.807, 2.05) is 0 Å². The van der Waals surface area contributed by atoms with Crippen LogP contribution >= 0.6 is 0 Å². The van der Waals surface area contributed by atoms with Crippen molar-refractivity contribution in [1.82, 2.24) is 0 Å². The molecule has 0 unspecified atom stereocenters. The average Bonchev–Trinajstić information content (AvgIpc) is 1.35. The lowest BCUT2D eigenvalue weighted by Crippen LogP contribution is -2.10. The lowest BCUT2D eigenvalue weighted by Gasteiger charge is -2.06. The Bertz CT molecular complexity index is 39.9. The molecule has 0 N–H and O–H groups in total. The standard InChI is InChI=1S/C2H5BF3.CH3/c1-2-3(4,5)6;/h2H2,1H3;1H3/q-1;+1. The fourth-order valence-electron chi connectivity index (χ4n) is 0. The minimum absolute atomic E-state index is 0. The van der Waals surface area contributed by atoms with Gasteiger partial charge in [0.25, 0.3) is 0 Å². The second-order valence-electron chi connectivity index (χ2n) is 1.12. The Hall–Kier alpha value is -0.275. The predicted octanol–water partition coefficient (Wildman–Crippen LogP) is 2.30. The molecule has 0 spiro atoms. The molecular formula is C3H8BF3. The van der Waals surface area contributed by atoms with Crippen LogP contribution in [-0.4, -0.2) is 6.98 Å². The van der Waals surface area contributed by atoms with Crippen molar-refractivity contribution in [1.29, 1.82) is 0 Å². The highest BCUT2D eigenvalue weighted by Crippen LogP contribution is 2.11. The summed E-state index contributed by atoms with van der Waals surface area (Å²) in [5.41, 5.74) is 0. The summed E-state index contributed by atoms with van der Waals surface area (Å²) >= 11 is 0. The quantitative estimate of drug-likeness (QED) is 0.360. The first kappa shape index (κ1) is 9.87. The first-order valence-electron chi connectivity index (χ1n) is 1.77. The van der Waals surface area contributed by atoms with E-state index in [0.717, 1.165) is 6.92 Å². The minimum Gasteiger partial charge on any atom is -0.449 e. The zero-order valence-electron chi connectivity index (χ0n) is 4.42. The van der Waals surface area contributed by atoms with E-state index in [-0.39, 0.29) is 7.43 Å². The maximum Gasteiger partial charge on any atom is 0.478 e. The molecule has 7 heavy (non-hydrogen) atoms. The summed E-state index contributed by atoms with van der Waals surface area (Å²) in [6, 6.07) is 0. The van der Waals surface area contributed by atoms with E-state index in [4.69, 9.17) is 0 Å². The van der Waals surface area contributed by atoms with Crippen molar-refractivity contribution in [2.24, 2.45) is 0 Å². The van der Waals surface area contributed by atoms with Crippen LogP contribution in [0, 0.1) is 7.43 Å². The Morgan fingerprint density at radius 3 is 1.43 bits per heavy atom. The summed E-state index contributed by atoms with van der Waals surface area (Å²) in [5.74, 6) is 0. The van der Waals surface area contributed by atoms with Crippen molar-refractivity contribution in [3.63, 3.8) is 0 Å². The maximum absolute atomic E-state index is 10.8. The van der Waals surface area contributed by atoms with Crippen molar-refractivity contribution < 1.29 is 12.9 Å². The summed E-state index contributed by atoms with van der Waals surface area (Å²) in [6.45, 7) is -3.37. The van der Waals surface area contributed by atoms with Crippen molar-refractivity contribution in [2.75, 3.05) is 0 Å². The summed E-state index contributed by atoms with van der Waals surface area (Å²) in [6.07, 6.45) is -0.667. The highest BCUT2D eigenvalue weighted by Gasteiger charge is 2.17. The third-order valence-corrected chi connectivity index (χ3v) is 0.463. The third kappa shape index (κ3) is 10.7. The topological polar surface area (TPSA) is 0 Å². The molecule has 0 fully saturated rings. The van der Waals surface area contributed by atoms with Gasteiger partial charge in [0.15, 0.2) is 0 Å². The molecule has 0 atom stereocenters. The molecule has 0 amide bonds. The SMILES string of the molecule is CC[B-](F)(F)F.[CH3+]. The highest BCUT2D eigenvalue weighted by atomic mass is 19.4. The number of hydrogen-bond acceptors (Lipinski definition) is 0. The van der Waals surface area contributed by atoms with Crippen LogP contribution in [0.25, 0.3) is 0 Å². The molecule has 0 aliphatic heterocycles. The van der Waals surface area contributed by atoms with Gasteiger partial charge in [-0.3, -0.25) is 0 Å². The van der Waals surface area contributed by atoms with Crippen LogP contribution < -0.4 is 0 Å². The summed E-state index contributed by atoms with van der Waals surface area (Å²) in [7, 11) is 0. The highest BCUT2D eigenvalue weighted by molar-refractivity contribution is 6.58. The molecule has 0 aromatic heterocycles. The molecule has 4 heteroatoms. The van der Waals surface area contributed by atoms with Gasteiger partial charge in [0.1, 0.15) is 0 Å². The second kappa shape index (κ2) is 2.83. The third-order valence-electron chi connectivity index (χ3n) is 0.463. The molecule has 44 valence electrons. The van der Waals surface area contributed by atoms with Crippen LogP contribution in [0.1, 0.15) is 6.92 Å². The molecule has 0 aromatic rings. The molecule has 0 nitrogen and oxygen atoms in total. The van der Waals surface area contributed by atoms with E-state index in [1.165, 1.54) is 0 Å². The Kier molecular flexibility index (Phi) is 3.99. The lowest BCUT2D eigenvalue weighted by atomic mass is 9.88. The van der Waals surface area contributed by atoms with Gasteiger partial charge in [0.05, 0.1) is 0 Å². The first-order valence-corrected chi connectivity index (χ1v) is 1.77. The lowest BCUT2D eigenvalue weighted by molar-refractivity contribution is 0.473. The van der Waals surface area contributed by atoms with E-state index < -0.39 is 13.3 Å². The zero-order valence-corrected chi connectivity index (χ0v) is 4.42. The average molecular weight is 112 g/mol. The van der Waals surface area contributed by atoms with Gasteiger partial charge in [-0.05, 0) is 0 Å². The van der Waals surface area contributed by atoms with E-state index in [2.05, 4.69) is 0 Å². The van der Waals surface area contributed by atoms with Crippen LogP contribution in [0.2, 0.25) is 6.32 Å². The number of rotatable bonds is 1. The molecule has 0 rings (SSSR count). The number of hydrogen-bond donors (Lipinski definition) is 0. The van der Waals surface area contributed by atoms with Gasteiger partial charge in [-0.1, -0.05) is 13.2 Å². The molecule has 0 aromatic carbocycles. The molecule has 0 aliphatic carbocycles. The van der Waals surface area contributed by atoms with Crippen LogP contribution in [0.15, 0.2) is 0 Å². The van der Waals surface area contributed by atoms with Crippen molar-refractivity contribution in [2.45, 2.75) is 13.2 Å². The largest absolute Gasteiger partial charge is 0.478 e. The van der Waals surface area contributed by atoms with Crippen LogP contribution in [0.5, 0.6) is 0 Å².